The second kappa shape index (κ2) is 5.84. The van der Waals surface area contributed by atoms with E-state index in [1.54, 1.807) is 0 Å². The molecule has 0 unspecified atom stereocenters. The zero-order valence-corrected chi connectivity index (χ0v) is 12.8. The normalized spacial score (nSPS) is 15.5. The molecule has 0 bridgehead atoms. The maximum absolute atomic E-state index is 12.5. The number of carbonyl (C=O) groups excluding carboxylic acids is 1. The standard InChI is InChI=1S/C18H22N2O/c1-13-6-5-9-17(14(13)2)18(21)12-15-10-11-20(19-15)16-7-3-4-8-16/h5-6,9-11,16H,3-4,7-8,12H2,1-2H3. The Morgan fingerprint density at radius 1 is 1.24 bits per heavy atom. The predicted molar refractivity (Wildman–Crippen MR) is 83.7 cm³/mol. The molecule has 21 heavy (non-hydrogen) atoms. The summed E-state index contributed by atoms with van der Waals surface area (Å²) in [5.41, 5.74) is 3.95. The van der Waals surface area contributed by atoms with E-state index in [1.807, 2.05) is 44.3 Å². The second-order valence-electron chi connectivity index (χ2n) is 6.07. The summed E-state index contributed by atoms with van der Waals surface area (Å²) >= 11 is 0. The molecule has 0 N–H and O–H groups in total. The van der Waals surface area contributed by atoms with Gasteiger partial charge in [0.25, 0.3) is 0 Å². The van der Waals surface area contributed by atoms with Gasteiger partial charge in [-0.3, -0.25) is 9.48 Å². The summed E-state index contributed by atoms with van der Waals surface area (Å²) in [6.07, 6.45) is 7.44. The van der Waals surface area contributed by atoms with Crippen LogP contribution in [0.5, 0.6) is 0 Å². The Kier molecular flexibility index (Phi) is 3.91. The molecule has 1 aliphatic rings. The van der Waals surface area contributed by atoms with E-state index >= 15 is 0 Å². The smallest absolute Gasteiger partial charge is 0.169 e. The number of benzene rings is 1. The predicted octanol–water partition coefficient (Wildman–Crippen LogP) is 4.04. The molecule has 1 aliphatic carbocycles. The molecular weight excluding hydrogens is 260 g/mol. The van der Waals surface area contributed by atoms with Crippen LogP contribution in [0.4, 0.5) is 0 Å². The van der Waals surface area contributed by atoms with Crippen molar-refractivity contribution in [3.63, 3.8) is 0 Å². The zero-order chi connectivity index (χ0) is 14.8. The van der Waals surface area contributed by atoms with Crippen LogP contribution in [0.3, 0.4) is 0 Å². The molecular formula is C18H22N2O. The minimum atomic E-state index is 0.160. The quantitative estimate of drug-likeness (QED) is 0.793. The van der Waals surface area contributed by atoms with Crippen molar-refractivity contribution in [1.82, 2.24) is 9.78 Å². The second-order valence-corrected chi connectivity index (χ2v) is 6.07. The highest BCUT2D eigenvalue weighted by Gasteiger charge is 2.18. The largest absolute Gasteiger partial charge is 0.294 e. The Bertz CT molecular complexity index is 651. The van der Waals surface area contributed by atoms with E-state index in [0.717, 1.165) is 22.4 Å². The first kappa shape index (κ1) is 14.1. The van der Waals surface area contributed by atoms with Gasteiger partial charge >= 0.3 is 0 Å². The van der Waals surface area contributed by atoms with E-state index in [-0.39, 0.29) is 5.78 Å². The van der Waals surface area contributed by atoms with Gasteiger partial charge in [0, 0.05) is 11.8 Å². The molecule has 1 aromatic heterocycles. The molecule has 0 aliphatic heterocycles. The summed E-state index contributed by atoms with van der Waals surface area (Å²) in [4.78, 5) is 12.5. The average molecular weight is 282 g/mol. The van der Waals surface area contributed by atoms with E-state index in [9.17, 15) is 4.79 Å². The molecule has 3 nitrogen and oxygen atoms in total. The summed E-state index contributed by atoms with van der Waals surface area (Å²) in [5.74, 6) is 0.160. The van der Waals surface area contributed by atoms with E-state index in [0.29, 0.717) is 12.5 Å². The Balaban J connectivity index is 1.74. The summed E-state index contributed by atoms with van der Waals surface area (Å²) in [5, 5.41) is 4.61. The van der Waals surface area contributed by atoms with Crippen molar-refractivity contribution in [2.45, 2.75) is 52.0 Å². The Hall–Kier alpha value is -1.90. The minimum absolute atomic E-state index is 0.160. The van der Waals surface area contributed by atoms with Crippen molar-refractivity contribution in [3.05, 3.63) is 52.8 Å². The highest BCUT2D eigenvalue weighted by molar-refractivity contribution is 5.98. The molecule has 1 fully saturated rings. The van der Waals surface area contributed by atoms with E-state index < -0.39 is 0 Å². The van der Waals surface area contributed by atoms with Gasteiger partial charge in [0.05, 0.1) is 18.2 Å². The fourth-order valence-electron chi connectivity index (χ4n) is 3.16. The van der Waals surface area contributed by atoms with Gasteiger partial charge in [0.15, 0.2) is 5.78 Å². The van der Waals surface area contributed by atoms with Gasteiger partial charge in [-0.1, -0.05) is 31.0 Å². The monoisotopic (exact) mass is 282 g/mol. The lowest BCUT2D eigenvalue weighted by Crippen LogP contribution is -2.09. The number of aromatic nitrogens is 2. The van der Waals surface area contributed by atoms with Crippen molar-refractivity contribution in [3.8, 4) is 0 Å². The topological polar surface area (TPSA) is 34.9 Å². The molecule has 2 aromatic rings. The first-order valence-electron chi connectivity index (χ1n) is 7.78. The molecule has 0 amide bonds. The van der Waals surface area contributed by atoms with Crippen LogP contribution in [0.2, 0.25) is 0 Å². The number of aryl methyl sites for hydroxylation is 1. The van der Waals surface area contributed by atoms with E-state index in [1.165, 1.54) is 25.7 Å². The fourth-order valence-corrected chi connectivity index (χ4v) is 3.16. The molecule has 110 valence electrons. The third-order valence-corrected chi connectivity index (χ3v) is 4.61. The van der Waals surface area contributed by atoms with E-state index in [4.69, 9.17) is 0 Å². The molecule has 3 heteroatoms. The Morgan fingerprint density at radius 2 is 2.00 bits per heavy atom. The van der Waals surface area contributed by atoms with Crippen molar-refractivity contribution < 1.29 is 4.79 Å². The molecule has 3 rings (SSSR count). The SMILES string of the molecule is Cc1cccc(C(=O)Cc2ccn(C3CCCC3)n2)c1C. The van der Waals surface area contributed by atoms with Crippen molar-refractivity contribution in [2.24, 2.45) is 0 Å². The van der Waals surface area contributed by atoms with Crippen molar-refractivity contribution in [1.29, 1.82) is 0 Å². The van der Waals surface area contributed by atoms with Gasteiger partial charge in [0.2, 0.25) is 0 Å². The van der Waals surface area contributed by atoms with Crippen LogP contribution in [0.1, 0.15) is 58.9 Å². The molecule has 0 spiro atoms. The lowest BCUT2D eigenvalue weighted by atomic mass is 9.98. The molecule has 1 aromatic carbocycles. The van der Waals surface area contributed by atoms with Crippen LogP contribution in [-0.4, -0.2) is 15.6 Å². The maximum Gasteiger partial charge on any atom is 0.169 e. The molecule has 0 saturated heterocycles. The summed E-state index contributed by atoms with van der Waals surface area (Å²) in [6, 6.07) is 8.43. The number of rotatable bonds is 4. The third kappa shape index (κ3) is 2.92. The number of Topliss-reactive ketones (excluding diaryl/α,β-unsaturated/α-hetero) is 1. The summed E-state index contributed by atoms with van der Waals surface area (Å²) in [6.45, 7) is 4.06. The van der Waals surface area contributed by atoms with Gasteiger partial charge in [-0.15, -0.1) is 0 Å². The van der Waals surface area contributed by atoms with Gasteiger partial charge in [-0.2, -0.15) is 5.10 Å². The van der Waals surface area contributed by atoms with E-state index in [2.05, 4.69) is 9.78 Å². The van der Waals surface area contributed by atoms with Crippen LogP contribution in [0, 0.1) is 13.8 Å². The Morgan fingerprint density at radius 3 is 2.76 bits per heavy atom. The van der Waals surface area contributed by atoms with Crippen LogP contribution in [-0.2, 0) is 6.42 Å². The van der Waals surface area contributed by atoms with Crippen LogP contribution < -0.4 is 0 Å². The van der Waals surface area contributed by atoms with Crippen molar-refractivity contribution >= 4 is 5.78 Å². The van der Waals surface area contributed by atoms with Crippen LogP contribution in [0.25, 0.3) is 0 Å². The van der Waals surface area contributed by atoms with Gasteiger partial charge in [0.1, 0.15) is 0 Å². The zero-order valence-electron chi connectivity index (χ0n) is 12.8. The van der Waals surface area contributed by atoms with Crippen molar-refractivity contribution in [2.75, 3.05) is 0 Å². The highest BCUT2D eigenvalue weighted by Crippen LogP contribution is 2.28. The van der Waals surface area contributed by atoms with Gasteiger partial charge in [-0.05, 0) is 43.9 Å². The first-order chi connectivity index (χ1) is 10.1. The molecule has 0 radical (unpaired) electrons. The lowest BCUT2D eigenvalue weighted by Gasteiger charge is -2.09. The summed E-state index contributed by atoms with van der Waals surface area (Å²) < 4.78 is 2.05. The number of nitrogens with zero attached hydrogens (tertiary/aromatic N) is 2. The Labute approximate surface area is 126 Å². The number of hydrogen-bond acceptors (Lipinski definition) is 2. The maximum atomic E-state index is 12.5. The fraction of sp³-hybridized carbons (Fsp3) is 0.444. The molecule has 0 atom stereocenters. The number of hydrogen-bond donors (Lipinski definition) is 0. The van der Waals surface area contributed by atoms with Crippen LogP contribution in [0.15, 0.2) is 30.5 Å². The van der Waals surface area contributed by atoms with Gasteiger partial charge in [-0.25, -0.2) is 0 Å². The lowest BCUT2D eigenvalue weighted by molar-refractivity contribution is 0.0991. The number of ketones is 1. The first-order valence-corrected chi connectivity index (χ1v) is 7.78. The van der Waals surface area contributed by atoms with Crippen LogP contribution >= 0.6 is 0 Å². The molecule has 1 heterocycles. The summed E-state index contributed by atoms with van der Waals surface area (Å²) in [7, 11) is 0. The third-order valence-electron chi connectivity index (χ3n) is 4.61. The minimum Gasteiger partial charge on any atom is -0.294 e. The average Bonchev–Trinajstić information content (AvgIpc) is 3.12. The highest BCUT2D eigenvalue weighted by atomic mass is 16.1. The van der Waals surface area contributed by atoms with Gasteiger partial charge < -0.3 is 0 Å². The number of carbonyl (C=O) groups is 1. The molecule has 1 saturated carbocycles.